The number of aromatic nitrogens is 2. The van der Waals surface area contributed by atoms with Gasteiger partial charge in [-0.2, -0.15) is 4.39 Å². The predicted octanol–water partition coefficient (Wildman–Crippen LogP) is 4.41. The number of carboxylic acids is 1. The molecule has 3 aliphatic rings. The predicted molar refractivity (Wildman–Crippen MR) is 97.0 cm³/mol. The highest BCUT2D eigenvalue weighted by Crippen LogP contribution is 2.46. The lowest BCUT2D eigenvalue weighted by molar-refractivity contribution is -0.148. The van der Waals surface area contributed by atoms with Crippen LogP contribution in [-0.2, 0) is 4.79 Å². The Hall–Kier alpha value is -1.54. The molecular formula is C17H17BrFN3O2S. The molecule has 0 spiro atoms. The van der Waals surface area contributed by atoms with E-state index in [-0.39, 0.29) is 23.0 Å². The molecule has 0 aliphatic heterocycles. The van der Waals surface area contributed by atoms with Gasteiger partial charge in [-0.25, -0.2) is 9.97 Å². The van der Waals surface area contributed by atoms with Crippen molar-refractivity contribution in [2.75, 3.05) is 5.32 Å². The van der Waals surface area contributed by atoms with Crippen molar-refractivity contribution >= 4 is 39.1 Å². The molecule has 2 aromatic rings. The lowest BCUT2D eigenvalue weighted by atomic mass is 9.61. The van der Waals surface area contributed by atoms with E-state index in [0.29, 0.717) is 27.0 Å². The van der Waals surface area contributed by atoms with Crippen LogP contribution in [0.25, 0.3) is 10.6 Å². The van der Waals surface area contributed by atoms with Crippen molar-refractivity contribution in [3.8, 4) is 10.6 Å². The van der Waals surface area contributed by atoms with Crippen LogP contribution in [0.15, 0.2) is 22.9 Å². The lowest BCUT2D eigenvalue weighted by Crippen LogP contribution is -2.51. The number of halogens is 2. The zero-order valence-electron chi connectivity index (χ0n) is 13.3. The second-order valence-electron chi connectivity index (χ2n) is 6.72. The van der Waals surface area contributed by atoms with Crippen LogP contribution in [0, 0.1) is 22.9 Å². The molecule has 2 bridgehead atoms. The van der Waals surface area contributed by atoms with Gasteiger partial charge in [-0.15, -0.1) is 11.3 Å². The first kappa shape index (κ1) is 16.9. The summed E-state index contributed by atoms with van der Waals surface area (Å²) in [7, 11) is 0. The highest BCUT2D eigenvalue weighted by Gasteiger charge is 2.47. The number of fused-ring (bicyclic) bond motifs is 3. The Labute approximate surface area is 156 Å². The summed E-state index contributed by atoms with van der Waals surface area (Å²) in [6.45, 7) is 0. The molecule has 3 fully saturated rings. The lowest BCUT2D eigenvalue weighted by Gasteiger charge is -2.47. The first-order valence-corrected chi connectivity index (χ1v) is 9.92. The number of rotatable bonds is 4. The Kier molecular flexibility index (Phi) is 4.49. The molecule has 8 heteroatoms. The summed E-state index contributed by atoms with van der Waals surface area (Å²) in [6.07, 6.45) is 4.10. The van der Waals surface area contributed by atoms with E-state index in [1.807, 2.05) is 0 Å². The van der Waals surface area contributed by atoms with Crippen molar-refractivity contribution in [2.45, 2.75) is 31.7 Å². The third kappa shape index (κ3) is 3.29. The Bertz CT molecular complexity index is 807. The molecule has 0 aromatic carbocycles. The van der Waals surface area contributed by atoms with Crippen LogP contribution in [0.2, 0.25) is 0 Å². The summed E-state index contributed by atoms with van der Waals surface area (Å²) >= 11 is 4.32. The number of nitrogens with zero attached hydrogens (tertiary/aromatic N) is 2. The Morgan fingerprint density at radius 1 is 1.24 bits per heavy atom. The maximum Gasteiger partial charge on any atom is 0.308 e. The Morgan fingerprint density at radius 3 is 2.60 bits per heavy atom. The minimum atomic E-state index is -0.736. The quantitative estimate of drug-likeness (QED) is 0.709. The SMILES string of the molecule is O=C(O)C1C2CCC(CC2)C1Nc1cc(-c2ccc(F)s2)nc(Br)n1. The molecule has 3 saturated carbocycles. The van der Waals surface area contributed by atoms with Gasteiger partial charge >= 0.3 is 5.97 Å². The average Bonchev–Trinajstić information content (AvgIpc) is 3.01. The van der Waals surface area contributed by atoms with Crippen LogP contribution < -0.4 is 5.32 Å². The van der Waals surface area contributed by atoms with Gasteiger partial charge in [0.15, 0.2) is 9.86 Å². The summed E-state index contributed by atoms with van der Waals surface area (Å²) in [4.78, 5) is 21.1. The van der Waals surface area contributed by atoms with Gasteiger partial charge < -0.3 is 10.4 Å². The maximum atomic E-state index is 13.3. The van der Waals surface area contributed by atoms with Crippen LogP contribution in [0.4, 0.5) is 10.2 Å². The standard InChI is InChI=1S/C17H17BrFN3O2S/c18-17-20-10(11-5-6-12(19)25-11)7-13(22-17)21-15-9-3-1-8(2-4-9)14(15)16(23)24/h5-9,14-15H,1-4H2,(H,23,24)(H,20,21,22). The molecule has 2 unspecified atom stereocenters. The van der Waals surface area contributed by atoms with Crippen LogP contribution >= 0.6 is 27.3 Å². The molecule has 5 rings (SSSR count). The number of thiophene rings is 1. The first-order valence-electron chi connectivity index (χ1n) is 8.31. The van der Waals surface area contributed by atoms with Crippen molar-refractivity contribution in [2.24, 2.45) is 17.8 Å². The van der Waals surface area contributed by atoms with E-state index < -0.39 is 5.97 Å². The molecule has 0 amide bonds. The van der Waals surface area contributed by atoms with Crippen LogP contribution in [0.1, 0.15) is 25.7 Å². The van der Waals surface area contributed by atoms with E-state index in [9.17, 15) is 14.3 Å². The molecule has 132 valence electrons. The molecule has 2 atom stereocenters. The third-order valence-corrected chi connectivity index (χ3v) is 6.59. The van der Waals surface area contributed by atoms with E-state index in [1.165, 1.54) is 6.07 Å². The van der Waals surface area contributed by atoms with Gasteiger partial charge in [-0.1, -0.05) is 0 Å². The zero-order chi connectivity index (χ0) is 17.6. The normalized spacial score (nSPS) is 28.1. The van der Waals surface area contributed by atoms with Gasteiger partial charge in [0.05, 0.1) is 16.5 Å². The summed E-state index contributed by atoms with van der Waals surface area (Å²) in [6, 6.07) is 4.72. The summed E-state index contributed by atoms with van der Waals surface area (Å²) in [5.41, 5.74) is 0.617. The topological polar surface area (TPSA) is 75.1 Å². The molecule has 2 aromatic heterocycles. The monoisotopic (exact) mass is 425 g/mol. The van der Waals surface area contributed by atoms with E-state index in [0.717, 1.165) is 37.0 Å². The third-order valence-electron chi connectivity index (χ3n) is 5.34. The maximum absolute atomic E-state index is 13.3. The van der Waals surface area contributed by atoms with Gasteiger partial charge in [-0.3, -0.25) is 4.79 Å². The molecule has 3 aliphatic carbocycles. The number of hydrogen-bond acceptors (Lipinski definition) is 5. The average molecular weight is 426 g/mol. The fourth-order valence-electron chi connectivity index (χ4n) is 4.25. The Balaban J connectivity index is 1.63. The van der Waals surface area contributed by atoms with Crippen molar-refractivity contribution in [3.05, 3.63) is 28.1 Å². The van der Waals surface area contributed by atoms with Gasteiger partial charge in [0.25, 0.3) is 0 Å². The largest absolute Gasteiger partial charge is 0.481 e. The highest BCUT2D eigenvalue weighted by atomic mass is 79.9. The smallest absolute Gasteiger partial charge is 0.308 e. The molecule has 5 nitrogen and oxygen atoms in total. The number of hydrogen-bond donors (Lipinski definition) is 2. The number of carboxylic acid groups (broad SMARTS) is 1. The van der Waals surface area contributed by atoms with Crippen LogP contribution in [-0.4, -0.2) is 27.1 Å². The highest BCUT2D eigenvalue weighted by molar-refractivity contribution is 9.10. The van der Waals surface area contributed by atoms with E-state index in [1.54, 1.807) is 12.1 Å². The molecule has 25 heavy (non-hydrogen) atoms. The summed E-state index contributed by atoms with van der Waals surface area (Å²) in [5.74, 6) is 0.0394. The summed E-state index contributed by atoms with van der Waals surface area (Å²) in [5, 5.41) is 12.8. The van der Waals surface area contributed by atoms with Crippen molar-refractivity contribution in [1.82, 2.24) is 9.97 Å². The second-order valence-corrected chi connectivity index (χ2v) is 8.46. The molecular weight excluding hydrogens is 409 g/mol. The van der Waals surface area contributed by atoms with E-state index >= 15 is 0 Å². The number of aliphatic carboxylic acids is 1. The minimum absolute atomic E-state index is 0.125. The van der Waals surface area contributed by atoms with Crippen molar-refractivity contribution in [1.29, 1.82) is 0 Å². The van der Waals surface area contributed by atoms with E-state index in [2.05, 4.69) is 31.2 Å². The molecule has 0 radical (unpaired) electrons. The number of carbonyl (C=O) groups is 1. The molecule has 0 saturated heterocycles. The van der Waals surface area contributed by atoms with Gasteiger partial charge in [0.2, 0.25) is 0 Å². The van der Waals surface area contributed by atoms with Gasteiger partial charge in [0.1, 0.15) is 5.82 Å². The zero-order valence-corrected chi connectivity index (χ0v) is 15.7. The van der Waals surface area contributed by atoms with Crippen molar-refractivity contribution < 1.29 is 14.3 Å². The fourth-order valence-corrected chi connectivity index (χ4v) is 5.33. The van der Waals surface area contributed by atoms with Crippen molar-refractivity contribution in [3.63, 3.8) is 0 Å². The van der Waals surface area contributed by atoms with Crippen LogP contribution in [0.3, 0.4) is 0 Å². The van der Waals surface area contributed by atoms with E-state index in [4.69, 9.17) is 0 Å². The minimum Gasteiger partial charge on any atom is -0.481 e. The fraction of sp³-hybridized carbons (Fsp3) is 0.471. The molecule has 2 heterocycles. The Morgan fingerprint density at radius 2 is 1.96 bits per heavy atom. The molecule has 2 N–H and O–H groups in total. The second kappa shape index (κ2) is 6.64. The van der Waals surface area contributed by atoms with Crippen LogP contribution in [0.5, 0.6) is 0 Å². The first-order chi connectivity index (χ1) is 12.0. The summed E-state index contributed by atoms with van der Waals surface area (Å²) < 4.78 is 13.7. The van der Waals surface area contributed by atoms with Gasteiger partial charge in [-0.05, 0) is 65.6 Å². The van der Waals surface area contributed by atoms with Gasteiger partial charge in [0, 0.05) is 12.1 Å². The number of anilines is 1. The number of nitrogens with one attached hydrogen (secondary N) is 1.